The molecular weight excluding hydrogens is 412 g/mol. The first-order valence-corrected chi connectivity index (χ1v) is 14.2. The Bertz CT molecular complexity index is 459. The van der Waals surface area contributed by atoms with E-state index in [0.717, 1.165) is 57.8 Å². The van der Waals surface area contributed by atoms with Crippen LogP contribution >= 0.6 is 0 Å². The lowest BCUT2D eigenvalue weighted by atomic mass is 10.1. The van der Waals surface area contributed by atoms with Crippen molar-refractivity contribution in [1.29, 1.82) is 0 Å². The van der Waals surface area contributed by atoms with Crippen LogP contribution in [0.15, 0.2) is 12.2 Å². The third-order valence-electron chi connectivity index (χ3n) is 5.96. The van der Waals surface area contributed by atoms with E-state index >= 15 is 0 Å². The first-order chi connectivity index (χ1) is 16.2. The van der Waals surface area contributed by atoms with Crippen LogP contribution in [-0.2, 0) is 19.1 Å². The van der Waals surface area contributed by atoms with Crippen molar-refractivity contribution in [3.63, 3.8) is 0 Å². The molecule has 4 nitrogen and oxygen atoms in total. The number of unbranched alkanes of at least 4 members (excludes halogenated alkanes) is 15. The highest BCUT2D eigenvalue weighted by atomic mass is 16.5. The van der Waals surface area contributed by atoms with Gasteiger partial charge in [-0.25, -0.2) is 0 Å². The molecule has 0 radical (unpaired) electrons. The summed E-state index contributed by atoms with van der Waals surface area (Å²) in [6.07, 6.45) is 27.3. The zero-order valence-corrected chi connectivity index (χ0v) is 22.1. The number of rotatable bonds is 25. The lowest BCUT2D eigenvalue weighted by molar-refractivity contribution is -0.144. The van der Waals surface area contributed by atoms with Gasteiger partial charge in [0.05, 0.1) is 13.2 Å². The fourth-order valence-corrected chi connectivity index (χ4v) is 3.80. The third-order valence-corrected chi connectivity index (χ3v) is 5.96. The number of esters is 2. The zero-order valence-electron chi connectivity index (χ0n) is 22.1. The molecule has 0 spiro atoms. The van der Waals surface area contributed by atoms with Crippen LogP contribution in [0.25, 0.3) is 0 Å². The van der Waals surface area contributed by atoms with Crippen LogP contribution in [0, 0.1) is 0 Å². The van der Waals surface area contributed by atoms with Gasteiger partial charge in [0.15, 0.2) is 0 Å². The van der Waals surface area contributed by atoms with E-state index in [1.165, 1.54) is 64.2 Å². The summed E-state index contributed by atoms with van der Waals surface area (Å²) in [7, 11) is 0. The number of carbonyl (C=O) groups is 2. The monoisotopic (exact) mass is 466 g/mol. The first kappa shape index (κ1) is 31.7. The normalized spacial score (nSPS) is 11.2. The number of carbonyl (C=O) groups excluding carboxylic acids is 2. The Labute approximate surface area is 205 Å². The SMILES string of the molecule is CCCCC/C=C\CCOC(=O)CCCCCCCCC(=O)OCCCCCCCCCC. The molecule has 0 aliphatic carbocycles. The highest BCUT2D eigenvalue weighted by Crippen LogP contribution is 2.11. The number of hydrogen-bond donors (Lipinski definition) is 0. The van der Waals surface area contributed by atoms with E-state index in [0.29, 0.717) is 26.1 Å². The summed E-state index contributed by atoms with van der Waals surface area (Å²) in [6, 6.07) is 0. The van der Waals surface area contributed by atoms with Gasteiger partial charge in [-0.2, -0.15) is 0 Å². The molecule has 0 saturated carbocycles. The molecule has 0 aromatic heterocycles. The third kappa shape index (κ3) is 26.8. The minimum atomic E-state index is -0.0754. The Morgan fingerprint density at radius 2 is 0.909 bits per heavy atom. The smallest absolute Gasteiger partial charge is 0.305 e. The average molecular weight is 467 g/mol. The van der Waals surface area contributed by atoms with Gasteiger partial charge >= 0.3 is 11.9 Å². The van der Waals surface area contributed by atoms with Crippen molar-refractivity contribution in [3.8, 4) is 0 Å². The molecule has 0 amide bonds. The fraction of sp³-hybridized carbons (Fsp3) is 0.862. The van der Waals surface area contributed by atoms with Gasteiger partial charge in [0.2, 0.25) is 0 Å². The van der Waals surface area contributed by atoms with Gasteiger partial charge in [0, 0.05) is 12.8 Å². The van der Waals surface area contributed by atoms with Crippen LogP contribution in [0.5, 0.6) is 0 Å². The minimum absolute atomic E-state index is 0.0449. The molecule has 0 aromatic rings. The second-order valence-corrected chi connectivity index (χ2v) is 9.29. The topological polar surface area (TPSA) is 52.6 Å². The van der Waals surface area contributed by atoms with Crippen molar-refractivity contribution >= 4 is 11.9 Å². The van der Waals surface area contributed by atoms with E-state index in [9.17, 15) is 9.59 Å². The van der Waals surface area contributed by atoms with Crippen molar-refractivity contribution < 1.29 is 19.1 Å². The lowest BCUT2D eigenvalue weighted by Crippen LogP contribution is -2.05. The summed E-state index contributed by atoms with van der Waals surface area (Å²) in [6.45, 7) is 5.53. The number of allylic oxidation sites excluding steroid dienone is 1. The highest BCUT2D eigenvalue weighted by molar-refractivity contribution is 5.69. The second kappa shape index (κ2) is 26.9. The van der Waals surface area contributed by atoms with Gasteiger partial charge in [-0.1, -0.05) is 109 Å². The zero-order chi connectivity index (χ0) is 24.2. The number of ether oxygens (including phenoxy) is 2. The molecule has 0 aliphatic rings. The molecule has 0 aliphatic heterocycles. The molecule has 0 saturated heterocycles. The van der Waals surface area contributed by atoms with Crippen LogP contribution in [0.4, 0.5) is 0 Å². The average Bonchev–Trinajstić information content (AvgIpc) is 2.81. The Hall–Kier alpha value is -1.32. The van der Waals surface area contributed by atoms with Gasteiger partial charge in [0.25, 0.3) is 0 Å². The number of hydrogen-bond acceptors (Lipinski definition) is 4. The molecule has 0 aromatic carbocycles. The van der Waals surface area contributed by atoms with Gasteiger partial charge in [0.1, 0.15) is 0 Å². The van der Waals surface area contributed by atoms with Crippen LogP contribution in [0.1, 0.15) is 149 Å². The Balaban J connectivity index is 3.30. The maximum Gasteiger partial charge on any atom is 0.305 e. The highest BCUT2D eigenvalue weighted by Gasteiger charge is 2.04. The summed E-state index contributed by atoms with van der Waals surface area (Å²) in [5.74, 6) is -0.120. The predicted molar refractivity (Wildman–Crippen MR) is 139 cm³/mol. The van der Waals surface area contributed by atoms with Crippen LogP contribution in [0.2, 0.25) is 0 Å². The van der Waals surface area contributed by atoms with Crippen molar-refractivity contribution in [2.45, 2.75) is 149 Å². The summed E-state index contributed by atoms with van der Waals surface area (Å²) in [5, 5.41) is 0. The van der Waals surface area contributed by atoms with Crippen LogP contribution < -0.4 is 0 Å². The van der Waals surface area contributed by atoms with E-state index in [1.54, 1.807) is 0 Å². The van der Waals surface area contributed by atoms with E-state index in [2.05, 4.69) is 26.0 Å². The quantitative estimate of drug-likeness (QED) is 0.0765. The Morgan fingerprint density at radius 1 is 0.485 bits per heavy atom. The summed E-state index contributed by atoms with van der Waals surface area (Å²) >= 11 is 0. The van der Waals surface area contributed by atoms with E-state index < -0.39 is 0 Å². The van der Waals surface area contributed by atoms with Gasteiger partial charge in [-0.3, -0.25) is 9.59 Å². The van der Waals surface area contributed by atoms with Crippen molar-refractivity contribution in [3.05, 3.63) is 12.2 Å². The summed E-state index contributed by atoms with van der Waals surface area (Å²) < 4.78 is 10.6. The summed E-state index contributed by atoms with van der Waals surface area (Å²) in [5.41, 5.74) is 0. The molecule has 0 rings (SSSR count). The lowest BCUT2D eigenvalue weighted by Gasteiger charge is -2.06. The molecule has 0 N–H and O–H groups in total. The summed E-state index contributed by atoms with van der Waals surface area (Å²) in [4.78, 5) is 23.5. The molecule has 0 heterocycles. The van der Waals surface area contributed by atoms with Gasteiger partial charge in [-0.15, -0.1) is 0 Å². The van der Waals surface area contributed by atoms with E-state index in [-0.39, 0.29) is 11.9 Å². The molecule has 0 bridgehead atoms. The Morgan fingerprint density at radius 3 is 1.48 bits per heavy atom. The molecule has 194 valence electrons. The van der Waals surface area contributed by atoms with E-state index in [4.69, 9.17) is 9.47 Å². The standard InChI is InChI=1S/C29H54O4/c1-3-5-7-9-11-15-19-23-27-33-29(31)25-21-17-13-12-16-20-24-28(30)32-26-22-18-14-10-8-6-4-2/h14,18H,3-13,15-17,19-27H2,1-2H3/b18-14-. The molecule has 0 unspecified atom stereocenters. The molecule has 0 fully saturated rings. The maximum absolute atomic E-state index is 11.8. The van der Waals surface area contributed by atoms with Gasteiger partial charge < -0.3 is 9.47 Å². The van der Waals surface area contributed by atoms with Crippen molar-refractivity contribution in [1.82, 2.24) is 0 Å². The first-order valence-electron chi connectivity index (χ1n) is 14.2. The molecular formula is C29H54O4. The Kier molecular flexibility index (Phi) is 25.9. The molecule has 33 heavy (non-hydrogen) atoms. The van der Waals surface area contributed by atoms with Crippen molar-refractivity contribution in [2.75, 3.05) is 13.2 Å². The minimum Gasteiger partial charge on any atom is -0.466 e. The maximum atomic E-state index is 11.8. The van der Waals surface area contributed by atoms with Crippen molar-refractivity contribution in [2.24, 2.45) is 0 Å². The second-order valence-electron chi connectivity index (χ2n) is 9.29. The fourth-order valence-electron chi connectivity index (χ4n) is 3.80. The largest absolute Gasteiger partial charge is 0.466 e. The van der Waals surface area contributed by atoms with Gasteiger partial charge in [-0.05, 0) is 38.5 Å². The predicted octanol–water partition coefficient (Wildman–Crippen LogP) is 8.86. The van der Waals surface area contributed by atoms with Crippen LogP contribution in [0.3, 0.4) is 0 Å². The molecule has 0 atom stereocenters. The van der Waals surface area contributed by atoms with Crippen LogP contribution in [-0.4, -0.2) is 25.2 Å². The molecule has 4 heteroatoms. The van der Waals surface area contributed by atoms with E-state index in [1.807, 2.05) is 0 Å².